The first kappa shape index (κ1) is 16.3. The Kier molecular flexibility index (Phi) is 5.32. The number of carbonyl (C=O) groups excluding carboxylic acids is 1. The lowest BCUT2D eigenvalue weighted by Gasteiger charge is -2.16. The summed E-state index contributed by atoms with van der Waals surface area (Å²) in [4.78, 5) is 27.3. The van der Waals surface area contributed by atoms with Crippen molar-refractivity contribution in [3.05, 3.63) is 48.5 Å². The standard InChI is InChI=1S/C17H21N5O2/c1-24-12-14-10-22(17-19-6-3-7-20-17)11-15(14)16(23)21-9-13-4-2-5-18-8-13/h2-8,14-15H,9-12H2,1H3,(H,21,23)/t14-,15+/m0/s1. The Labute approximate surface area is 141 Å². The highest BCUT2D eigenvalue weighted by Crippen LogP contribution is 2.26. The van der Waals surface area contributed by atoms with Crippen molar-refractivity contribution in [1.29, 1.82) is 0 Å². The second kappa shape index (κ2) is 7.83. The minimum Gasteiger partial charge on any atom is -0.384 e. The molecule has 7 nitrogen and oxygen atoms in total. The third-order valence-corrected chi connectivity index (χ3v) is 4.18. The van der Waals surface area contributed by atoms with E-state index in [0.29, 0.717) is 32.2 Å². The maximum Gasteiger partial charge on any atom is 0.225 e. The van der Waals surface area contributed by atoms with Crippen LogP contribution in [0.5, 0.6) is 0 Å². The Hall–Kier alpha value is -2.54. The Balaban J connectivity index is 1.64. The molecule has 1 N–H and O–H groups in total. The Morgan fingerprint density at radius 3 is 2.83 bits per heavy atom. The average Bonchev–Trinajstić information content (AvgIpc) is 3.06. The van der Waals surface area contributed by atoms with Crippen molar-refractivity contribution in [3.63, 3.8) is 0 Å². The summed E-state index contributed by atoms with van der Waals surface area (Å²) in [5, 5.41) is 3.00. The molecular weight excluding hydrogens is 306 g/mol. The molecule has 0 unspecified atom stereocenters. The number of hydrogen-bond donors (Lipinski definition) is 1. The summed E-state index contributed by atoms with van der Waals surface area (Å²) < 4.78 is 5.30. The van der Waals surface area contributed by atoms with Crippen molar-refractivity contribution >= 4 is 11.9 Å². The van der Waals surface area contributed by atoms with Crippen molar-refractivity contribution < 1.29 is 9.53 Å². The van der Waals surface area contributed by atoms with E-state index in [1.165, 1.54) is 0 Å². The predicted molar refractivity (Wildman–Crippen MR) is 89.2 cm³/mol. The lowest BCUT2D eigenvalue weighted by molar-refractivity contribution is -0.126. The van der Waals surface area contributed by atoms with E-state index < -0.39 is 0 Å². The fourth-order valence-electron chi connectivity index (χ4n) is 2.99. The zero-order valence-electron chi connectivity index (χ0n) is 13.6. The maximum atomic E-state index is 12.6. The van der Waals surface area contributed by atoms with E-state index in [-0.39, 0.29) is 17.7 Å². The van der Waals surface area contributed by atoms with Gasteiger partial charge in [0, 0.05) is 57.4 Å². The molecule has 0 saturated carbocycles. The van der Waals surface area contributed by atoms with Gasteiger partial charge in [-0.25, -0.2) is 9.97 Å². The van der Waals surface area contributed by atoms with Crippen LogP contribution in [0.25, 0.3) is 0 Å². The zero-order valence-corrected chi connectivity index (χ0v) is 13.6. The van der Waals surface area contributed by atoms with Crippen molar-refractivity contribution in [2.24, 2.45) is 11.8 Å². The number of ether oxygens (including phenoxy) is 1. The number of nitrogens with one attached hydrogen (secondary N) is 1. The highest BCUT2D eigenvalue weighted by molar-refractivity contribution is 5.80. The predicted octanol–water partition coefficient (Wildman–Crippen LogP) is 0.887. The quantitative estimate of drug-likeness (QED) is 0.849. The molecule has 3 rings (SSSR count). The normalized spacial score (nSPS) is 20.1. The number of methoxy groups -OCH3 is 1. The fourth-order valence-corrected chi connectivity index (χ4v) is 2.99. The van der Waals surface area contributed by atoms with E-state index >= 15 is 0 Å². The number of nitrogens with zero attached hydrogens (tertiary/aromatic N) is 4. The number of amides is 1. The van der Waals surface area contributed by atoms with Crippen LogP contribution in [0.1, 0.15) is 5.56 Å². The second-order valence-electron chi connectivity index (χ2n) is 5.85. The molecule has 1 aliphatic rings. The molecule has 0 bridgehead atoms. The van der Waals surface area contributed by atoms with E-state index in [1.54, 1.807) is 38.0 Å². The molecule has 0 aromatic carbocycles. The second-order valence-corrected chi connectivity index (χ2v) is 5.85. The van der Waals surface area contributed by atoms with Gasteiger partial charge in [0.2, 0.25) is 11.9 Å². The minimum atomic E-state index is -0.148. The molecule has 2 aromatic rings. The van der Waals surface area contributed by atoms with E-state index in [2.05, 4.69) is 20.3 Å². The first-order chi connectivity index (χ1) is 11.8. The van der Waals surface area contributed by atoms with E-state index in [0.717, 1.165) is 5.56 Å². The first-order valence-corrected chi connectivity index (χ1v) is 7.95. The lowest BCUT2D eigenvalue weighted by atomic mass is 9.96. The van der Waals surface area contributed by atoms with Gasteiger partial charge in [0.15, 0.2) is 0 Å². The van der Waals surface area contributed by atoms with Gasteiger partial charge in [-0.1, -0.05) is 6.07 Å². The summed E-state index contributed by atoms with van der Waals surface area (Å²) in [5.74, 6) is 0.652. The van der Waals surface area contributed by atoms with Crippen LogP contribution in [0.3, 0.4) is 0 Å². The molecular formula is C17H21N5O2. The third kappa shape index (κ3) is 3.86. The number of rotatable bonds is 6. The molecule has 3 heterocycles. The molecule has 2 aromatic heterocycles. The molecule has 1 amide bonds. The van der Waals surface area contributed by atoms with Crippen molar-refractivity contribution in [1.82, 2.24) is 20.3 Å². The molecule has 7 heteroatoms. The van der Waals surface area contributed by atoms with Gasteiger partial charge in [-0.2, -0.15) is 0 Å². The SMILES string of the molecule is COC[C@@H]1CN(c2ncccn2)C[C@H]1C(=O)NCc1cccnc1. The molecule has 0 aliphatic carbocycles. The molecule has 1 fully saturated rings. The highest BCUT2D eigenvalue weighted by atomic mass is 16.5. The first-order valence-electron chi connectivity index (χ1n) is 7.95. The van der Waals surface area contributed by atoms with E-state index in [1.807, 2.05) is 17.0 Å². The summed E-state index contributed by atoms with van der Waals surface area (Å²) in [7, 11) is 1.66. The van der Waals surface area contributed by atoms with Crippen LogP contribution >= 0.6 is 0 Å². The van der Waals surface area contributed by atoms with Crippen LogP contribution in [0.4, 0.5) is 5.95 Å². The average molecular weight is 327 g/mol. The smallest absolute Gasteiger partial charge is 0.225 e. The summed E-state index contributed by atoms with van der Waals surface area (Å²) >= 11 is 0. The third-order valence-electron chi connectivity index (χ3n) is 4.18. The number of carbonyl (C=O) groups is 1. The minimum absolute atomic E-state index is 0.0272. The summed E-state index contributed by atoms with van der Waals surface area (Å²) in [6.45, 7) is 2.32. The van der Waals surface area contributed by atoms with Gasteiger partial charge >= 0.3 is 0 Å². The van der Waals surface area contributed by atoms with Gasteiger partial charge in [0.25, 0.3) is 0 Å². The summed E-state index contributed by atoms with van der Waals surface area (Å²) in [6.07, 6.45) is 6.90. The lowest BCUT2D eigenvalue weighted by Crippen LogP contribution is -2.36. The number of aromatic nitrogens is 3. The van der Waals surface area contributed by atoms with Crippen LogP contribution in [-0.2, 0) is 16.1 Å². The molecule has 1 aliphatic heterocycles. The molecule has 0 radical (unpaired) electrons. The highest BCUT2D eigenvalue weighted by Gasteiger charge is 2.38. The molecule has 126 valence electrons. The number of hydrogen-bond acceptors (Lipinski definition) is 6. The summed E-state index contributed by atoms with van der Waals surface area (Å²) in [5.41, 5.74) is 0.982. The van der Waals surface area contributed by atoms with Gasteiger partial charge in [-0.05, 0) is 17.7 Å². The Bertz CT molecular complexity index is 653. The van der Waals surface area contributed by atoms with Gasteiger partial charge < -0.3 is 15.0 Å². The van der Waals surface area contributed by atoms with Gasteiger partial charge in [-0.15, -0.1) is 0 Å². The molecule has 2 atom stereocenters. The monoisotopic (exact) mass is 327 g/mol. The van der Waals surface area contributed by atoms with Crippen molar-refractivity contribution in [2.75, 3.05) is 31.7 Å². The Morgan fingerprint density at radius 1 is 1.29 bits per heavy atom. The molecule has 1 saturated heterocycles. The van der Waals surface area contributed by atoms with Gasteiger partial charge in [0.05, 0.1) is 12.5 Å². The molecule has 0 spiro atoms. The maximum absolute atomic E-state index is 12.6. The van der Waals surface area contributed by atoms with E-state index in [9.17, 15) is 4.79 Å². The number of anilines is 1. The largest absolute Gasteiger partial charge is 0.384 e. The van der Waals surface area contributed by atoms with E-state index in [4.69, 9.17) is 4.74 Å². The van der Waals surface area contributed by atoms with Gasteiger partial charge in [0.1, 0.15) is 0 Å². The number of pyridine rings is 1. The van der Waals surface area contributed by atoms with Crippen molar-refractivity contribution in [2.45, 2.75) is 6.54 Å². The molecule has 24 heavy (non-hydrogen) atoms. The van der Waals surface area contributed by atoms with Crippen LogP contribution in [-0.4, -0.2) is 47.7 Å². The van der Waals surface area contributed by atoms with Gasteiger partial charge in [-0.3, -0.25) is 9.78 Å². The van der Waals surface area contributed by atoms with Crippen molar-refractivity contribution in [3.8, 4) is 0 Å². The van der Waals surface area contributed by atoms with Crippen LogP contribution in [0, 0.1) is 11.8 Å². The van der Waals surface area contributed by atoms with Crippen LogP contribution in [0.2, 0.25) is 0 Å². The topological polar surface area (TPSA) is 80.2 Å². The fraction of sp³-hybridized carbons (Fsp3) is 0.412. The Morgan fingerprint density at radius 2 is 2.12 bits per heavy atom. The summed E-state index contributed by atoms with van der Waals surface area (Å²) in [6, 6.07) is 5.59. The zero-order chi connectivity index (χ0) is 16.8. The van der Waals surface area contributed by atoms with Crippen LogP contribution < -0.4 is 10.2 Å². The van der Waals surface area contributed by atoms with Crippen LogP contribution in [0.15, 0.2) is 43.0 Å².